The summed E-state index contributed by atoms with van der Waals surface area (Å²) in [5.74, 6) is 0.255. The molecule has 0 radical (unpaired) electrons. The molecule has 0 amide bonds. The summed E-state index contributed by atoms with van der Waals surface area (Å²) in [6.45, 7) is 0. The highest BCUT2D eigenvalue weighted by atomic mass is 32.1. The quantitative estimate of drug-likeness (QED) is 0.211. The molecule has 5 aromatic carbocycles. The van der Waals surface area contributed by atoms with Gasteiger partial charge in [-0.2, -0.15) is 0 Å². The maximum atomic E-state index is 6.46. The molecule has 1 aliphatic heterocycles. The second kappa shape index (κ2) is 8.26. The number of nitrogens with two attached hydrogens (primary N) is 2. The predicted molar refractivity (Wildman–Crippen MR) is 173 cm³/mol. The summed E-state index contributed by atoms with van der Waals surface area (Å²) >= 11 is 1.88. The van der Waals surface area contributed by atoms with Crippen molar-refractivity contribution in [1.29, 1.82) is 0 Å². The van der Waals surface area contributed by atoms with Crippen LogP contribution in [0.1, 0.15) is 28.0 Å². The van der Waals surface area contributed by atoms with Gasteiger partial charge in [-0.3, -0.25) is 0 Å². The van der Waals surface area contributed by atoms with Gasteiger partial charge >= 0.3 is 0 Å². The normalized spacial score (nSPS) is 17.3. The summed E-state index contributed by atoms with van der Waals surface area (Å²) in [7, 11) is 0. The van der Waals surface area contributed by atoms with E-state index in [1.54, 1.807) is 0 Å². The average molecular weight is 548 g/mol. The van der Waals surface area contributed by atoms with Gasteiger partial charge in [-0.1, -0.05) is 48.5 Å². The molecule has 196 valence electrons. The SMILES string of the molecule is Nc1ccc(N2c3ccccc3C3C=Cc4sc5ccccc5c4C32)c(-c2ccc3oc4ccc(N)cc4c3c2)c1. The largest absolute Gasteiger partial charge is 0.456 e. The van der Waals surface area contributed by atoms with Crippen molar-refractivity contribution in [2.24, 2.45) is 0 Å². The minimum absolute atomic E-state index is 0.143. The topological polar surface area (TPSA) is 68.4 Å². The third-order valence-corrected chi connectivity index (χ3v) is 9.82. The molecular weight excluding hydrogens is 522 g/mol. The van der Waals surface area contributed by atoms with Crippen LogP contribution in [0.15, 0.2) is 114 Å². The second-order valence-electron chi connectivity index (χ2n) is 11.0. The van der Waals surface area contributed by atoms with Crippen molar-refractivity contribution in [3.05, 3.63) is 125 Å². The Kier molecular flexibility index (Phi) is 4.59. The molecule has 0 fully saturated rings. The van der Waals surface area contributed by atoms with Gasteiger partial charge in [0.15, 0.2) is 0 Å². The minimum atomic E-state index is 0.143. The number of hydrogen-bond acceptors (Lipinski definition) is 5. The van der Waals surface area contributed by atoms with E-state index < -0.39 is 0 Å². The molecule has 2 aliphatic rings. The van der Waals surface area contributed by atoms with E-state index in [1.165, 1.54) is 31.8 Å². The van der Waals surface area contributed by atoms with Crippen LogP contribution in [0.3, 0.4) is 0 Å². The second-order valence-corrected chi connectivity index (χ2v) is 12.1. The van der Waals surface area contributed by atoms with E-state index >= 15 is 0 Å². The van der Waals surface area contributed by atoms with Gasteiger partial charge in [-0.25, -0.2) is 0 Å². The number of nitrogen functional groups attached to an aromatic ring is 2. The van der Waals surface area contributed by atoms with Crippen LogP contribution in [0.4, 0.5) is 22.7 Å². The highest BCUT2D eigenvalue weighted by Gasteiger charge is 2.43. The lowest BCUT2D eigenvalue weighted by molar-refractivity contribution is 0.669. The Bertz CT molecular complexity index is 2220. The molecule has 2 unspecified atom stereocenters. The van der Waals surface area contributed by atoms with E-state index in [0.717, 1.165) is 50.1 Å². The molecule has 0 bridgehead atoms. The van der Waals surface area contributed by atoms with Crippen LogP contribution in [0.2, 0.25) is 0 Å². The van der Waals surface area contributed by atoms with Crippen molar-refractivity contribution in [3.8, 4) is 11.1 Å². The number of fused-ring (bicyclic) bond motifs is 10. The predicted octanol–water partition coefficient (Wildman–Crippen LogP) is 9.64. The molecule has 0 spiro atoms. The van der Waals surface area contributed by atoms with Crippen molar-refractivity contribution in [1.82, 2.24) is 0 Å². The Morgan fingerprint density at radius 3 is 2.37 bits per heavy atom. The zero-order valence-corrected chi connectivity index (χ0v) is 22.9. The number of anilines is 4. The van der Waals surface area contributed by atoms with E-state index in [9.17, 15) is 0 Å². The number of hydrogen-bond donors (Lipinski definition) is 2. The molecule has 2 atom stereocenters. The Balaban J connectivity index is 1.30. The summed E-state index contributed by atoms with van der Waals surface area (Å²) in [6, 6.07) is 36.3. The maximum absolute atomic E-state index is 6.46. The number of rotatable bonds is 2. The van der Waals surface area contributed by atoms with E-state index in [2.05, 4.69) is 95.9 Å². The molecule has 9 rings (SSSR count). The van der Waals surface area contributed by atoms with Crippen LogP contribution in [0.5, 0.6) is 0 Å². The van der Waals surface area contributed by atoms with Gasteiger partial charge in [0, 0.05) is 60.1 Å². The molecule has 3 heterocycles. The fourth-order valence-electron chi connectivity index (χ4n) is 6.93. The van der Waals surface area contributed by atoms with Gasteiger partial charge in [-0.15, -0.1) is 11.3 Å². The molecule has 7 aromatic rings. The zero-order chi connectivity index (χ0) is 27.2. The van der Waals surface area contributed by atoms with Crippen LogP contribution < -0.4 is 16.4 Å². The number of thiophene rings is 1. The summed E-state index contributed by atoms with van der Waals surface area (Å²) in [4.78, 5) is 3.89. The smallest absolute Gasteiger partial charge is 0.135 e. The maximum Gasteiger partial charge on any atom is 0.135 e. The highest BCUT2D eigenvalue weighted by Crippen LogP contribution is 2.59. The summed E-state index contributed by atoms with van der Waals surface area (Å²) < 4.78 is 7.47. The van der Waals surface area contributed by atoms with E-state index in [0.29, 0.717) is 0 Å². The van der Waals surface area contributed by atoms with Gasteiger partial charge in [-0.05, 0) is 83.3 Å². The van der Waals surface area contributed by atoms with Crippen molar-refractivity contribution in [2.75, 3.05) is 16.4 Å². The number of benzene rings is 5. The van der Waals surface area contributed by atoms with Gasteiger partial charge in [0.25, 0.3) is 0 Å². The lowest BCUT2D eigenvalue weighted by Gasteiger charge is -2.34. The number of furan rings is 1. The zero-order valence-electron chi connectivity index (χ0n) is 22.0. The first kappa shape index (κ1) is 22.8. The lowest BCUT2D eigenvalue weighted by atomic mass is 9.84. The average Bonchev–Trinajstić information content (AvgIpc) is 3.66. The molecule has 2 aromatic heterocycles. The van der Waals surface area contributed by atoms with Gasteiger partial charge in [0.05, 0.1) is 6.04 Å². The van der Waals surface area contributed by atoms with Crippen LogP contribution in [-0.2, 0) is 0 Å². The van der Waals surface area contributed by atoms with E-state index in [1.807, 2.05) is 35.6 Å². The van der Waals surface area contributed by atoms with Crippen molar-refractivity contribution in [2.45, 2.75) is 12.0 Å². The Hall–Kier alpha value is -5.00. The molecule has 0 saturated carbocycles. The number of para-hydroxylation sites is 1. The third kappa shape index (κ3) is 3.21. The fraction of sp³-hybridized carbons (Fsp3) is 0.0556. The molecule has 0 saturated heterocycles. The van der Waals surface area contributed by atoms with Gasteiger partial charge in [0.2, 0.25) is 0 Å². The van der Waals surface area contributed by atoms with E-state index in [-0.39, 0.29) is 12.0 Å². The van der Waals surface area contributed by atoms with Crippen LogP contribution >= 0.6 is 11.3 Å². The minimum Gasteiger partial charge on any atom is -0.456 e. The van der Waals surface area contributed by atoms with Gasteiger partial charge < -0.3 is 20.8 Å². The van der Waals surface area contributed by atoms with Crippen LogP contribution in [0.25, 0.3) is 49.2 Å². The summed E-state index contributed by atoms with van der Waals surface area (Å²) in [5.41, 5.74) is 23.1. The first-order valence-electron chi connectivity index (χ1n) is 13.8. The third-order valence-electron chi connectivity index (χ3n) is 8.67. The standard InChI is InChI=1S/C36H25N3OS/c37-21-10-13-30(26(18-21)20-9-14-31-27(17-20)28-19-22(38)11-15-32(28)40-31)39-29-7-3-1-5-23(29)24-12-16-34-35(36(24)39)25-6-2-4-8-33(25)41-34/h1-19,24,36H,37-38H2. The van der Waals surface area contributed by atoms with Crippen LogP contribution in [0, 0.1) is 0 Å². The monoisotopic (exact) mass is 547 g/mol. The van der Waals surface area contributed by atoms with Crippen molar-refractivity contribution < 1.29 is 4.42 Å². The molecule has 1 aliphatic carbocycles. The Morgan fingerprint density at radius 1 is 0.683 bits per heavy atom. The van der Waals surface area contributed by atoms with E-state index in [4.69, 9.17) is 15.9 Å². The highest BCUT2D eigenvalue weighted by molar-refractivity contribution is 7.20. The van der Waals surface area contributed by atoms with Crippen LogP contribution in [-0.4, -0.2) is 0 Å². The summed E-state index contributed by atoms with van der Waals surface area (Å²) in [5, 5.41) is 3.40. The fourth-order valence-corrected chi connectivity index (χ4v) is 8.09. The Morgan fingerprint density at radius 2 is 1.44 bits per heavy atom. The first-order chi connectivity index (χ1) is 20.1. The number of nitrogens with zero attached hydrogens (tertiary/aromatic N) is 1. The van der Waals surface area contributed by atoms with Crippen molar-refractivity contribution >= 4 is 72.2 Å². The molecular formula is C36H25N3OS. The summed E-state index contributed by atoms with van der Waals surface area (Å²) in [6.07, 6.45) is 4.72. The molecule has 4 N–H and O–H groups in total. The molecule has 41 heavy (non-hydrogen) atoms. The lowest BCUT2D eigenvalue weighted by Crippen LogP contribution is -2.24. The van der Waals surface area contributed by atoms with Gasteiger partial charge in [0.1, 0.15) is 11.2 Å². The Labute approximate surface area is 240 Å². The molecule has 4 nitrogen and oxygen atoms in total. The van der Waals surface area contributed by atoms with Crippen molar-refractivity contribution in [3.63, 3.8) is 0 Å². The first-order valence-corrected chi connectivity index (χ1v) is 14.7. The molecule has 5 heteroatoms.